The van der Waals surface area contributed by atoms with Crippen molar-refractivity contribution in [1.29, 1.82) is 0 Å². The first-order valence-electron chi connectivity index (χ1n) is 7.47. The Balaban J connectivity index is 2.12. The summed E-state index contributed by atoms with van der Waals surface area (Å²) in [5, 5.41) is 8.09. The van der Waals surface area contributed by atoms with Crippen LogP contribution in [-0.4, -0.2) is 26.2 Å². The molecule has 0 aliphatic heterocycles. The van der Waals surface area contributed by atoms with Crippen molar-refractivity contribution in [2.45, 2.75) is 33.3 Å². The molecule has 5 heteroatoms. The van der Waals surface area contributed by atoms with Crippen LogP contribution in [0.3, 0.4) is 0 Å². The molecule has 118 valence electrons. The highest BCUT2D eigenvalue weighted by molar-refractivity contribution is 5.93. The van der Waals surface area contributed by atoms with Gasteiger partial charge in [-0.3, -0.25) is 4.40 Å². The first-order valence-corrected chi connectivity index (χ1v) is 7.47. The molecule has 3 rings (SSSR count). The standard InChI is InChI=1S/C18H19N3O2/c1-12-5-7-13(8-6-12)15-9-14(17(22)23-18(2,3)4)10-21-11-19-20-16(15)21/h5-11H,1-4H3. The van der Waals surface area contributed by atoms with Crippen molar-refractivity contribution in [1.82, 2.24) is 14.6 Å². The number of rotatable bonds is 2. The molecular weight excluding hydrogens is 290 g/mol. The van der Waals surface area contributed by atoms with Crippen molar-refractivity contribution >= 4 is 11.6 Å². The lowest BCUT2D eigenvalue weighted by Crippen LogP contribution is -2.24. The van der Waals surface area contributed by atoms with E-state index in [1.54, 1.807) is 16.9 Å². The molecule has 0 spiro atoms. The summed E-state index contributed by atoms with van der Waals surface area (Å²) in [5.41, 5.74) is 3.66. The van der Waals surface area contributed by atoms with Crippen LogP contribution in [0.15, 0.2) is 42.9 Å². The fraction of sp³-hybridized carbons (Fsp3) is 0.278. The van der Waals surface area contributed by atoms with Crippen LogP contribution in [0.5, 0.6) is 0 Å². The molecule has 0 amide bonds. The van der Waals surface area contributed by atoms with Crippen LogP contribution in [0.4, 0.5) is 0 Å². The summed E-state index contributed by atoms with van der Waals surface area (Å²) in [7, 11) is 0. The summed E-state index contributed by atoms with van der Waals surface area (Å²) in [6.07, 6.45) is 3.28. The van der Waals surface area contributed by atoms with Crippen molar-refractivity contribution < 1.29 is 9.53 Å². The topological polar surface area (TPSA) is 56.5 Å². The third-order valence-corrected chi connectivity index (χ3v) is 3.39. The van der Waals surface area contributed by atoms with Gasteiger partial charge >= 0.3 is 5.97 Å². The molecule has 0 bridgehead atoms. The average Bonchev–Trinajstić information content (AvgIpc) is 2.93. The lowest BCUT2D eigenvalue weighted by molar-refractivity contribution is 0.00690. The van der Waals surface area contributed by atoms with Crippen LogP contribution in [0.25, 0.3) is 16.8 Å². The highest BCUT2D eigenvalue weighted by Gasteiger charge is 2.20. The van der Waals surface area contributed by atoms with Gasteiger partial charge in [-0.15, -0.1) is 10.2 Å². The van der Waals surface area contributed by atoms with Crippen molar-refractivity contribution in [2.24, 2.45) is 0 Å². The van der Waals surface area contributed by atoms with Gasteiger partial charge in [0.25, 0.3) is 0 Å². The Morgan fingerprint density at radius 1 is 1.17 bits per heavy atom. The number of esters is 1. The maximum atomic E-state index is 12.4. The van der Waals surface area contributed by atoms with Gasteiger partial charge in [-0.25, -0.2) is 4.79 Å². The first-order chi connectivity index (χ1) is 10.8. The highest BCUT2D eigenvalue weighted by Crippen LogP contribution is 2.26. The van der Waals surface area contributed by atoms with Crippen molar-refractivity contribution in [3.8, 4) is 11.1 Å². The SMILES string of the molecule is Cc1ccc(-c2cc(C(=O)OC(C)(C)C)cn3cnnc23)cc1. The lowest BCUT2D eigenvalue weighted by Gasteiger charge is -2.19. The maximum Gasteiger partial charge on any atom is 0.340 e. The Hall–Kier alpha value is -2.69. The Bertz CT molecular complexity index is 858. The van der Waals surface area contributed by atoms with Gasteiger partial charge in [-0.1, -0.05) is 29.8 Å². The van der Waals surface area contributed by atoms with E-state index in [0.717, 1.165) is 11.1 Å². The summed E-state index contributed by atoms with van der Waals surface area (Å²) in [5.74, 6) is -0.360. The summed E-state index contributed by atoms with van der Waals surface area (Å²) in [6.45, 7) is 7.59. The summed E-state index contributed by atoms with van der Waals surface area (Å²) < 4.78 is 7.21. The second-order valence-corrected chi connectivity index (χ2v) is 6.57. The zero-order chi connectivity index (χ0) is 16.6. The van der Waals surface area contributed by atoms with Gasteiger partial charge in [-0.2, -0.15) is 0 Å². The molecule has 0 aliphatic carbocycles. The molecule has 0 saturated heterocycles. The largest absolute Gasteiger partial charge is 0.456 e. The van der Waals surface area contributed by atoms with Gasteiger partial charge in [0.15, 0.2) is 5.65 Å². The number of carbonyl (C=O) groups is 1. The number of benzene rings is 1. The van der Waals surface area contributed by atoms with Crippen LogP contribution < -0.4 is 0 Å². The second-order valence-electron chi connectivity index (χ2n) is 6.57. The third-order valence-electron chi connectivity index (χ3n) is 3.39. The number of pyridine rings is 1. The van der Waals surface area contributed by atoms with Crippen LogP contribution in [0.1, 0.15) is 36.7 Å². The van der Waals surface area contributed by atoms with Crippen molar-refractivity contribution in [3.05, 3.63) is 54.0 Å². The Morgan fingerprint density at radius 2 is 1.87 bits per heavy atom. The molecule has 0 unspecified atom stereocenters. The van der Waals surface area contributed by atoms with Crippen LogP contribution in [-0.2, 0) is 4.74 Å². The zero-order valence-electron chi connectivity index (χ0n) is 13.7. The summed E-state index contributed by atoms with van der Waals surface area (Å²) in [6, 6.07) is 9.89. The molecule has 23 heavy (non-hydrogen) atoms. The van der Waals surface area contributed by atoms with Crippen LogP contribution in [0.2, 0.25) is 0 Å². The fourth-order valence-corrected chi connectivity index (χ4v) is 2.33. The Morgan fingerprint density at radius 3 is 2.52 bits per heavy atom. The van der Waals surface area contributed by atoms with E-state index in [1.165, 1.54) is 5.56 Å². The van der Waals surface area contributed by atoms with E-state index in [2.05, 4.69) is 10.2 Å². The minimum Gasteiger partial charge on any atom is -0.456 e. The highest BCUT2D eigenvalue weighted by atomic mass is 16.6. The minimum absolute atomic E-state index is 0.360. The molecule has 0 radical (unpaired) electrons. The second kappa shape index (κ2) is 5.50. The number of aromatic nitrogens is 3. The molecule has 2 heterocycles. The van der Waals surface area contributed by atoms with E-state index in [1.807, 2.05) is 58.0 Å². The van der Waals surface area contributed by atoms with Crippen molar-refractivity contribution in [3.63, 3.8) is 0 Å². The van der Waals surface area contributed by atoms with Crippen molar-refractivity contribution in [2.75, 3.05) is 0 Å². The first kappa shape index (κ1) is 15.2. The van der Waals surface area contributed by atoms with Gasteiger partial charge in [0.1, 0.15) is 11.9 Å². The average molecular weight is 309 g/mol. The fourth-order valence-electron chi connectivity index (χ4n) is 2.33. The van der Waals surface area contributed by atoms with Gasteiger partial charge < -0.3 is 4.74 Å². The smallest absolute Gasteiger partial charge is 0.340 e. The maximum absolute atomic E-state index is 12.4. The molecular formula is C18H19N3O2. The molecule has 0 aliphatic rings. The summed E-state index contributed by atoms with van der Waals surface area (Å²) >= 11 is 0. The molecule has 2 aromatic heterocycles. The van der Waals surface area contributed by atoms with Gasteiger partial charge in [-0.05, 0) is 39.3 Å². The molecule has 1 aromatic carbocycles. The number of carbonyl (C=O) groups excluding carboxylic acids is 1. The van der Waals surface area contributed by atoms with Gasteiger partial charge in [0.2, 0.25) is 0 Å². The molecule has 0 saturated carbocycles. The molecule has 3 aromatic rings. The number of nitrogens with zero attached hydrogens (tertiary/aromatic N) is 3. The van der Waals surface area contributed by atoms with Crippen LogP contribution in [0, 0.1) is 6.92 Å². The number of hydrogen-bond acceptors (Lipinski definition) is 4. The zero-order valence-corrected chi connectivity index (χ0v) is 13.7. The van der Waals surface area contributed by atoms with E-state index >= 15 is 0 Å². The van der Waals surface area contributed by atoms with E-state index in [4.69, 9.17) is 4.74 Å². The molecule has 0 atom stereocenters. The van der Waals surface area contributed by atoms with E-state index < -0.39 is 5.60 Å². The predicted molar refractivity (Wildman–Crippen MR) is 88.3 cm³/mol. The summed E-state index contributed by atoms with van der Waals surface area (Å²) in [4.78, 5) is 12.4. The Kier molecular flexibility index (Phi) is 3.64. The minimum atomic E-state index is -0.538. The van der Waals surface area contributed by atoms with E-state index in [0.29, 0.717) is 11.2 Å². The quantitative estimate of drug-likeness (QED) is 0.678. The number of fused-ring (bicyclic) bond motifs is 1. The Labute approximate surface area is 134 Å². The van der Waals surface area contributed by atoms with E-state index in [-0.39, 0.29) is 5.97 Å². The number of hydrogen-bond donors (Lipinski definition) is 0. The number of aryl methyl sites for hydroxylation is 1. The van der Waals surface area contributed by atoms with Gasteiger partial charge in [0.05, 0.1) is 5.56 Å². The molecule has 5 nitrogen and oxygen atoms in total. The number of ether oxygens (including phenoxy) is 1. The normalized spacial score (nSPS) is 11.7. The van der Waals surface area contributed by atoms with Gasteiger partial charge in [0, 0.05) is 11.8 Å². The predicted octanol–water partition coefficient (Wildman–Crippen LogP) is 3.66. The monoisotopic (exact) mass is 309 g/mol. The molecule has 0 N–H and O–H groups in total. The van der Waals surface area contributed by atoms with E-state index in [9.17, 15) is 4.79 Å². The molecule has 0 fully saturated rings. The third kappa shape index (κ3) is 3.23. The van der Waals surface area contributed by atoms with Crippen LogP contribution >= 0.6 is 0 Å². The lowest BCUT2D eigenvalue weighted by atomic mass is 10.0.